The number of rotatable bonds is 2. The summed E-state index contributed by atoms with van der Waals surface area (Å²) in [4.78, 5) is 11.3. The highest BCUT2D eigenvalue weighted by Crippen LogP contribution is 2.23. The van der Waals surface area contributed by atoms with Gasteiger partial charge in [-0.25, -0.2) is 4.39 Å². The predicted octanol–water partition coefficient (Wildman–Crippen LogP) is 3.37. The van der Waals surface area contributed by atoms with Crippen LogP contribution < -0.4 is 0 Å². The first-order valence-corrected chi connectivity index (χ1v) is 5.11. The summed E-state index contributed by atoms with van der Waals surface area (Å²) in [6, 6.07) is 2.64. The maximum absolute atomic E-state index is 13.0. The lowest BCUT2D eigenvalue weighted by Crippen LogP contribution is -2.05. The Labute approximate surface area is 89.0 Å². The van der Waals surface area contributed by atoms with Crippen molar-refractivity contribution in [1.82, 2.24) is 0 Å². The number of benzene rings is 1. The molecule has 1 rings (SSSR count). The quantitative estimate of drug-likeness (QED) is 0.592. The van der Waals surface area contributed by atoms with Gasteiger partial charge in [0.2, 0.25) is 0 Å². The Morgan fingerprint density at radius 2 is 2.23 bits per heavy atom. The second-order valence-electron chi connectivity index (χ2n) is 2.59. The van der Waals surface area contributed by atoms with E-state index in [9.17, 15) is 9.18 Å². The number of halogens is 3. The van der Waals surface area contributed by atoms with Gasteiger partial charge < -0.3 is 0 Å². The van der Waals surface area contributed by atoms with E-state index >= 15 is 0 Å². The van der Waals surface area contributed by atoms with Crippen molar-refractivity contribution in [2.75, 3.05) is 5.33 Å². The lowest BCUT2D eigenvalue weighted by atomic mass is 10.1. The first kappa shape index (κ1) is 10.7. The molecule has 0 saturated heterocycles. The summed E-state index contributed by atoms with van der Waals surface area (Å²) in [5.41, 5.74) is 0.565. The number of alkyl halides is 1. The van der Waals surface area contributed by atoms with E-state index in [4.69, 9.17) is 11.6 Å². The molecule has 1 aromatic carbocycles. The number of Topliss-reactive ketones (excluding diaryl/α,β-unsaturated/α-hetero) is 1. The summed E-state index contributed by atoms with van der Waals surface area (Å²) in [6.45, 7) is 1.54. The van der Waals surface area contributed by atoms with Crippen LogP contribution in [0.4, 0.5) is 4.39 Å². The molecular formula is C9H7BrClFO. The van der Waals surface area contributed by atoms with Gasteiger partial charge in [-0.05, 0) is 24.6 Å². The molecule has 0 aromatic heterocycles. The van der Waals surface area contributed by atoms with Crippen LogP contribution in [0.15, 0.2) is 12.1 Å². The van der Waals surface area contributed by atoms with E-state index in [1.54, 1.807) is 0 Å². The summed E-state index contributed by atoms with van der Waals surface area (Å²) in [7, 11) is 0. The molecule has 0 aliphatic carbocycles. The first-order chi connectivity index (χ1) is 6.07. The minimum Gasteiger partial charge on any atom is -0.293 e. The molecule has 0 saturated carbocycles. The fourth-order valence-electron chi connectivity index (χ4n) is 1.06. The summed E-state index contributed by atoms with van der Waals surface area (Å²) >= 11 is 8.78. The number of hydrogen-bond donors (Lipinski definition) is 0. The molecule has 1 aromatic rings. The van der Waals surface area contributed by atoms with Crippen molar-refractivity contribution < 1.29 is 9.18 Å². The molecule has 0 aliphatic heterocycles. The number of ketones is 1. The van der Waals surface area contributed by atoms with Crippen molar-refractivity contribution in [3.05, 3.63) is 34.1 Å². The Kier molecular flexibility index (Phi) is 3.45. The first-order valence-electron chi connectivity index (χ1n) is 3.61. The topological polar surface area (TPSA) is 17.1 Å². The molecule has 70 valence electrons. The van der Waals surface area contributed by atoms with Gasteiger partial charge >= 0.3 is 0 Å². The third-order valence-corrected chi connectivity index (χ3v) is 2.57. The molecule has 0 unspecified atom stereocenters. The third kappa shape index (κ3) is 2.09. The molecule has 0 bridgehead atoms. The van der Waals surface area contributed by atoms with Crippen LogP contribution in [-0.4, -0.2) is 11.1 Å². The van der Waals surface area contributed by atoms with Gasteiger partial charge in [0, 0.05) is 5.56 Å². The monoisotopic (exact) mass is 264 g/mol. The highest BCUT2D eigenvalue weighted by atomic mass is 79.9. The largest absolute Gasteiger partial charge is 0.293 e. The van der Waals surface area contributed by atoms with Gasteiger partial charge in [-0.3, -0.25) is 4.79 Å². The van der Waals surface area contributed by atoms with Crippen LogP contribution in [-0.2, 0) is 0 Å². The van der Waals surface area contributed by atoms with Crippen molar-refractivity contribution >= 4 is 33.3 Å². The van der Waals surface area contributed by atoms with Crippen molar-refractivity contribution in [1.29, 1.82) is 0 Å². The molecule has 4 heteroatoms. The molecule has 0 fully saturated rings. The zero-order valence-electron chi connectivity index (χ0n) is 6.90. The molecule has 0 atom stereocenters. The zero-order valence-corrected chi connectivity index (χ0v) is 9.25. The molecule has 13 heavy (non-hydrogen) atoms. The number of carbonyl (C=O) groups is 1. The van der Waals surface area contributed by atoms with Crippen molar-refractivity contribution in [2.45, 2.75) is 6.92 Å². The Hall–Kier alpha value is -0.410. The number of carbonyl (C=O) groups excluding carboxylic acids is 1. The Balaban J connectivity index is 3.33. The second kappa shape index (κ2) is 4.20. The Morgan fingerprint density at radius 1 is 1.62 bits per heavy atom. The van der Waals surface area contributed by atoms with E-state index in [0.29, 0.717) is 10.6 Å². The van der Waals surface area contributed by atoms with Crippen molar-refractivity contribution in [3.63, 3.8) is 0 Å². The molecule has 0 spiro atoms. The molecule has 0 radical (unpaired) electrons. The SMILES string of the molecule is Cc1c(F)ccc(Cl)c1C(=O)CBr. The Morgan fingerprint density at radius 3 is 2.77 bits per heavy atom. The van der Waals surface area contributed by atoms with Crippen molar-refractivity contribution in [3.8, 4) is 0 Å². The van der Waals surface area contributed by atoms with Gasteiger partial charge in [0.05, 0.1) is 10.4 Å². The average Bonchev–Trinajstić information content (AvgIpc) is 2.12. The van der Waals surface area contributed by atoms with Crippen LogP contribution in [0.1, 0.15) is 15.9 Å². The molecule has 1 nitrogen and oxygen atoms in total. The third-order valence-electron chi connectivity index (χ3n) is 1.75. The highest BCUT2D eigenvalue weighted by Gasteiger charge is 2.14. The minimum absolute atomic E-state index is 0.150. The van der Waals surface area contributed by atoms with Gasteiger partial charge in [0.1, 0.15) is 5.82 Å². The standard InChI is InChI=1S/C9H7BrClFO/c1-5-7(12)3-2-6(11)9(5)8(13)4-10/h2-3H,4H2,1H3. The highest BCUT2D eigenvalue weighted by molar-refractivity contribution is 9.09. The van der Waals surface area contributed by atoms with Crippen LogP contribution >= 0.6 is 27.5 Å². The van der Waals surface area contributed by atoms with Gasteiger partial charge in [-0.1, -0.05) is 27.5 Å². The van der Waals surface area contributed by atoms with Crippen LogP contribution in [0.3, 0.4) is 0 Å². The van der Waals surface area contributed by atoms with E-state index in [1.165, 1.54) is 19.1 Å². The summed E-state index contributed by atoms with van der Waals surface area (Å²) in [6.07, 6.45) is 0. The smallest absolute Gasteiger partial charge is 0.175 e. The van der Waals surface area contributed by atoms with Crippen LogP contribution in [0.2, 0.25) is 5.02 Å². The predicted molar refractivity (Wildman–Crippen MR) is 54.3 cm³/mol. The molecule has 0 amide bonds. The normalized spacial score (nSPS) is 10.2. The van der Waals surface area contributed by atoms with Gasteiger partial charge in [0.25, 0.3) is 0 Å². The van der Waals surface area contributed by atoms with Gasteiger partial charge in [-0.2, -0.15) is 0 Å². The van der Waals surface area contributed by atoms with Crippen LogP contribution in [0.25, 0.3) is 0 Å². The van der Waals surface area contributed by atoms with E-state index < -0.39 is 5.82 Å². The summed E-state index contributed by atoms with van der Waals surface area (Å²) in [5, 5.41) is 0.445. The fraction of sp³-hybridized carbons (Fsp3) is 0.222. The maximum Gasteiger partial charge on any atom is 0.175 e. The Bertz CT molecular complexity index is 352. The van der Waals surface area contributed by atoms with Gasteiger partial charge in [-0.15, -0.1) is 0 Å². The lowest BCUT2D eigenvalue weighted by Gasteiger charge is -2.05. The molecule has 0 N–H and O–H groups in total. The molecular weight excluding hydrogens is 258 g/mol. The lowest BCUT2D eigenvalue weighted by molar-refractivity contribution is 0.102. The van der Waals surface area contributed by atoms with Gasteiger partial charge in [0.15, 0.2) is 5.78 Å². The van der Waals surface area contributed by atoms with Crippen molar-refractivity contribution in [2.24, 2.45) is 0 Å². The minimum atomic E-state index is -0.409. The summed E-state index contributed by atoms with van der Waals surface area (Å²) in [5.74, 6) is -0.615. The average molecular weight is 266 g/mol. The number of hydrogen-bond acceptors (Lipinski definition) is 1. The van der Waals surface area contributed by atoms with E-state index in [1.807, 2.05) is 0 Å². The van der Waals surface area contributed by atoms with E-state index in [-0.39, 0.29) is 16.7 Å². The maximum atomic E-state index is 13.0. The zero-order chi connectivity index (χ0) is 10.0. The fourth-order valence-corrected chi connectivity index (χ4v) is 1.65. The van der Waals surface area contributed by atoms with Crippen LogP contribution in [0.5, 0.6) is 0 Å². The van der Waals surface area contributed by atoms with Crippen LogP contribution in [0, 0.1) is 12.7 Å². The summed E-state index contributed by atoms with van der Waals surface area (Å²) < 4.78 is 13.0. The van der Waals surface area contributed by atoms with E-state index in [0.717, 1.165) is 0 Å². The molecule has 0 aliphatic rings. The second-order valence-corrected chi connectivity index (χ2v) is 3.55. The molecule has 0 heterocycles. The van der Waals surface area contributed by atoms with E-state index in [2.05, 4.69) is 15.9 Å².